The molecule has 0 spiro atoms. The maximum absolute atomic E-state index is 14.2. The number of carbonyl (C=O) groups excluding carboxylic acids is 5. The predicted molar refractivity (Wildman–Crippen MR) is 216 cm³/mol. The van der Waals surface area contributed by atoms with Crippen LogP contribution in [0.4, 0.5) is 10.5 Å². The number of primary amides is 1. The highest BCUT2D eigenvalue weighted by Crippen LogP contribution is 2.49. The van der Waals surface area contributed by atoms with E-state index in [0.29, 0.717) is 24.3 Å². The summed E-state index contributed by atoms with van der Waals surface area (Å²) in [6.45, 7) is 10.7. The zero-order chi connectivity index (χ0) is 42.6. The Morgan fingerprint density at radius 3 is 2.56 bits per heavy atom. The lowest BCUT2D eigenvalue weighted by Crippen LogP contribution is -2.63. The Hall–Kier alpha value is -3.83. The molecule has 3 aliphatic heterocycles. The van der Waals surface area contributed by atoms with E-state index in [-0.39, 0.29) is 35.9 Å². The number of esters is 1. The number of halogens is 1. The Morgan fingerprint density at radius 2 is 1.93 bits per heavy atom. The van der Waals surface area contributed by atoms with Gasteiger partial charge in [-0.05, 0) is 51.3 Å². The molecule has 0 aromatic heterocycles. The van der Waals surface area contributed by atoms with Crippen LogP contribution in [0.2, 0.25) is 5.02 Å². The number of nitrogens with zero attached hydrogens (tertiary/aromatic N) is 2. The fourth-order valence-corrected chi connectivity index (χ4v) is 8.23. The van der Waals surface area contributed by atoms with E-state index >= 15 is 0 Å². The molecule has 2 fully saturated rings. The fourth-order valence-electron chi connectivity index (χ4n) is 7.14. The third-order valence-electron chi connectivity index (χ3n) is 11.1. The number of thioether (sulfide) groups is 1. The van der Waals surface area contributed by atoms with Crippen molar-refractivity contribution in [1.29, 1.82) is 0 Å². The summed E-state index contributed by atoms with van der Waals surface area (Å²) in [5.74, 6) is -2.08. The highest BCUT2D eigenvalue weighted by Gasteiger charge is 2.64. The number of alkyl carbamates (subject to hydrolysis) is 1. The topological polar surface area (TPSA) is 200 Å². The van der Waals surface area contributed by atoms with Crippen LogP contribution in [0, 0.1) is 5.92 Å². The van der Waals surface area contributed by atoms with Crippen molar-refractivity contribution in [3.63, 3.8) is 0 Å². The molecule has 0 saturated carbocycles. The molecule has 3 aliphatic rings. The summed E-state index contributed by atoms with van der Waals surface area (Å²) in [5.41, 5.74) is 4.28. The lowest BCUT2D eigenvalue weighted by molar-refractivity contribution is -0.162. The van der Waals surface area contributed by atoms with E-state index in [0.717, 1.165) is 11.1 Å². The minimum Gasteiger partial charge on any atom is -0.495 e. The third-order valence-corrected chi connectivity index (χ3v) is 12.9. The molecule has 0 aliphatic carbocycles. The average Bonchev–Trinajstić information content (AvgIpc) is 3.85. The summed E-state index contributed by atoms with van der Waals surface area (Å²) in [5, 5.41) is 14.5. The quantitative estimate of drug-likeness (QED) is 0.211. The Balaban J connectivity index is 1.69. The minimum absolute atomic E-state index is 0.0700. The van der Waals surface area contributed by atoms with Crippen molar-refractivity contribution in [3.8, 4) is 5.75 Å². The van der Waals surface area contributed by atoms with Gasteiger partial charge < -0.3 is 44.3 Å². The number of amides is 4. The number of hydrogen-bond donors (Lipinski definition) is 3. The maximum atomic E-state index is 14.2. The molecule has 4 N–H and O–H groups in total. The lowest BCUT2D eigenvalue weighted by atomic mass is 9.83. The van der Waals surface area contributed by atoms with Gasteiger partial charge >= 0.3 is 12.1 Å². The number of fused-ring (bicyclic) bond motifs is 5. The molecule has 4 amide bonds. The van der Waals surface area contributed by atoms with Crippen molar-refractivity contribution >= 4 is 58.8 Å². The number of rotatable bonds is 11. The van der Waals surface area contributed by atoms with Gasteiger partial charge in [0.05, 0.1) is 31.1 Å². The van der Waals surface area contributed by atoms with Crippen molar-refractivity contribution in [1.82, 2.24) is 10.2 Å². The van der Waals surface area contributed by atoms with Crippen LogP contribution in [0.3, 0.4) is 0 Å². The summed E-state index contributed by atoms with van der Waals surface area (Å²) >= 11 is 8.12. The van der Waals surface area contributed by atoms with E-state index in [2.05, 4.69) is 5.32 Å². The van der Waals surface area contributed by atoms with E-state index < -0.39 is 76.3 Å². The SMILES string of the molecule is COc1cc2cc(c1Cl)N(C)C(=O)C[C@H](OC(=O)[C@H](C)N(C)C(=O)CCC(C)(C)SCC(N)=O)[C@]1(C)O[C@H]1[C@H](C)C1C[C@@](O)(NC(=O)O1)[C@H](OC)/C=C/C=C(\C)C2. The first kappa shape index (κ1) is 45.9. The number of ether oxygens (including phenoxy) is 5. The Labute approximate surface area is 343 Å². The molecule has 2 saturated heterocycles. The highest BCUT2D eigenvalue weighted by molar-refractivity contribution is 8.01. The van der Waals surface area contributed by atoms with E-state index in [1.165, 1.54) is 49.8 Å². The summed E-state index contributed by atoms with van der Waals surface area (Å²) < 4.78 is 28.9. The number of nitrogens with two attached hydrogens (primary N) is 1. The number of anilines is 1. The molecule has 57 heavy (non-hydrogen) atoms. The van der Waals surface area contributed by atoms with Gasteiger partial charge in [0.15, 0.2) is 5.72 Å². The van der Waals surface area contributed by atoms with E-state index in [9.17, 15) is 29.1 Å². The summed E-state index contributed by atoms with van der Waals surface area (Å²) in [6, 6.07) is 2.52. The molecular formula is C40H57ClN4O11S. The number of methoxy groups -OCH3 is 2. The molecule has 0 radical (unpaired) electrons. The highest BCUT2D eigenvalue weighted by atomic mass is 35.5. The van der Waals surface area contributed by atoms with Crippen LogP contribution in [-0.4, -0.2) is 120 Å². The number of benzene rings is 1. The molecule has 1 unspecified atom stereocenters. The summed E-state index contributed by atoms with van der Waals surface area (Å²) in [7, 11) is 5.96. The molecule has 8 atom stereocenters. The van der Waals surface area contributed by atoms with Crippen molar-refractivity contribution in [2.75, 3.05) is 39.0 Å². The molecule has 1 aromatic rings. The van der Waals surface area contributed by atoms with Gasteiger partial charge in [-0.1, -0.05) is 56.2 Å². The van der Waals surface area contributed by atoms with Crippen LogP contribution in [0.5, 0.6) is 5.75 Å². The second-order valence-electron chi connectivity index (χ2n) is 15.9. The van der Waals surface area contributed by atoms with Crippen LogP contribution in [0.1, 0.15) is 72.8 Å². The molecule has 17 heteroatoms. The number of nitrogens with one attached hydrogen (secondary N) is 1. The summed E-state index contributed by atoms with van der Waals surface area (Å²) in [4.78, 5) is 68.2. The van der Waals surface area contributed by atoms with Crippen LogP contribution in [-0.2, 0) is 44.5 Å². The molecular weight excluding hydrogens is 780 g/mol. The van der Waals surface area contributed by atoms with E-state index in [4.69, 9.17) is 41.0 Å². The van der Waals surface area contributed by atoms with Gasteiger partial charge in [-0.2, -0.15) is 0 Å². The molecule has 3 heterocycles. The normalized spacial score (nSPS) is 30.1. The summed E-state index contributed by atoms with van der Waals surface area (Å²) in [6.07, 6.45) is 1.24. The Morgan fingerprint density at radius 1 is 1.25 bits per heavy atom. The second kappa shape index (κ2) is 18.4. The first-order valence-electron chi connectivity index (χ1n) is 18.8. The van der Waals surface area contributed by atoms with Gasteiger partial charge in [-0.25, -0.2) is 9.59 Å². The minimum atomic E-state index is -1.85. The average molecular weight is 837 g/mol. The Kier molecular flexibility index (Phi) is 14.8. The first-order chi connectivity index (χ1) is 26.5. The van der Waals surface area contributed by atoms with Crippen molar-refractivity contribution in [2.24, 2.45) is 11.7 Å². The van der Waals surface area contributed by atoms with Crippen LogP contribution < -0.4 is 20.7 Å². The van der Waals surface area contributed by atoms with Crippen molar-refractivity contribution in [3.05, 3.63) is 46.5 Å². The van der Waals surface area contributed by atoms with Gasteiger partial charge in [0.25, 0.3) is 0 Å². The van der Waals surface area contributed by atoms with Crippen LogP contribution in [0.25, 0.3) is 0 Å². The number of carbonyl (C=O) groups is 5. The standard InChI is InChI=1S/C40H57ClN4O11S/c1-22-12-11-13-29(53-10)40(51)20-28(54-37(50)43-40)23(2)35-39(6,56-35)30(19-33(48)45(8)26-17-25(16-22)18-27(52-9)34(26)41)55-36(49)24(3)44(7)32(47)14-15-38(4,5)57-21-31(42)46/h11-13,17-18,23-24,28-30,35,51H,14-16,19-21H2,1-10H3,(H2,42,46)(H,43,50)/b13-11+,22-12+/t23-,24+,28?,29-,30+,35+,39+,40+/m1/s1. The number of aliphatic hydroxyl groups is 1. The van der Waals surface area contributed by atoms with Gasteiger partial charge in [0, 0.05) is 44.7 Å². The molecule has 316 valence electrons. The number of hydrogen-bond acceptors (Lipinski definition) is 12. The van der Waals surface area contributed by atoms with Crippen molar-refractivity contribution < 1.29 is 52.8 Å². The first-order valence-corrected chi connectivity index (χ1v) is 20.2. The molecule has 4 rings (SSSR count). The largest absolute Gasteiger partial charge is 0.495 e. The number of allylic oxidation sites excluding steroid dienone is 3. The maximum Gasteiger partial charge on any atom is 0.409 e. The van der Waals surface area contributed by atoms with E-state index in [1.54, 1.807) is 45.2 Å². The zero-order valence-corrected chi connectivity index (χ0v) is 36.0. The van der Waals surface area contributed by atoms with Gasteiger partial charge in [-0.3, -0.25) is 19.7 Å². The van der Waals surface area contributed by atoms with E-state index in [1.807, 2.05) is 26.8 Å². The van der Waals surface area contributed by atoms with Crippen molar-refractivity contribution in [2.45, 2.75) is 120 Å². The van der Waals surface area contributed by atoms with Gasteiger partial charge in [0.1, 0.15) is 40.7 Å². The fraction of sp³-hybridized carbons (Fsp3) is 0.625. The Bertz CT molecular complexity index is 1770. The van der Waals surface area contributed by atoms with Crippen LogP contribution >= 0.6 is 23.4 Å². The van der Waals surface area contributed by atoms with Gasteiger partial charge in [0.2, 0.25) is 17.7 Å². The smallest absolute Gasteiger partial charge is 0.409 e. The predicted octanol–water partition coefficient (Wildman–Crippen LogP) is 4.29. The number of likely N-dealkylation sites (N-methyl/N-ethyl adjacent to an activating group) is 1. The zero-order valence-electron chi connectivity index (χ0n) is 34.4. The number of epoxide rings is 1. The molecule has 1 aromatic carbocycles. The monoisotopic (exact) mass is 836 g/mol. The third kappa shape index (κ3) is 11.0. The molecule has 15 nitrogen and oxygen atoms in total. The van der Waals surface area contributed by atoms with Crippen LogP contribution in [0.15, 0.2) is 35.9 Å². The lowest BCUT2D eigenvalue weighted by Gasteiger charge is -2.42. The molecule has 4 bridgehead atoms. The van der Waals surface area contributed by atoms with Gasteiger partial charge in [-0.15, -0.1) is 11.8 Å². The second-order valence-corrected chi connectivity index (χ2v) is 18.0.